The van der Waals surface area contributed by atoms with Crippen molar-refractivity contribution in [3.63, 3.8) is 0 Å². The molecule has 2 aromatic heterocycles. The van der Waals surface area contributed by atoms with Crippen molar-refractivity contribution in [2.24, 2.45) is 0 Å². The summed E-state index contributed by atoms with van der Waals surface area (Å²) >= 11 is 0. The number of rotatable bonds is 4. The number of pyridine rings is 1. The van der Waals surface area contributed by atoms with Crippen molar-refractivity contribution in [2.75, 3.05) is 10.6 Å². The lowest BCUT2D eigenvalue weighted by Crippen LogP contribution is -2.13. The van der Waals surface area contributed by atoms with E-state index in [9.17, 15) is 4.79 Å². The molecular weight excluding hydrogens is 328 g/mol. The van der Waals surface area contributed by atoms with Crippen LogP contribution < -0.4 is 10.6 Å². The number of nitrogens with one attached hydrogen (secondary N) is 2. The first-order valence-electron chi connectivity index (χ1n) is 8.83. The van der Waals surface area contributed by atoms with Gasteiger partial charge in [-0.05, 0) is 43.2 Å². The molecule has 0 saturated heterocycles. The molecule has 0 aliphatic heterocycles. The first kappa shape index (κ1) is 16.6. The number of benzene rings is 1. The van der Waals surface area contributed by atoms with Crippen LogP contribution in [0.25, 0.3) is 11.1 Å². The quantitative estimate of drug-likeness (QED) is 0.731. The molecule has 0 bridgehead atoms. The molecule has 2 N–H and O–H groups in total. The largest absolute Gasteiger partial charge is 0.440 e. The summed E-state index contributed by atoms with van der Waals surface area (Å²) in [5, 5.41) is 6.22. The summed E-state index contributed by atoms with van der Waals surface area (Å²) in [5.74, 6) is 1.24. The van der Waals surface area contributed by atoms with Gasteiger partial charge in [-0.2, -0.15) is 0 Å². The highest BCUT2D eigenvalue weighted by atomic mass is 16.3. The van der Waals surface area contributed by atoms with Crippen molar-refractivity contribution in [1.82, 2.24) is 9.97 Å². The van der Waals surface area contributed by atoms with E-state index >= 15 is 0 Å². The van der Waals surface area contributed by atoms with E-state index in [4.69, 9.17) is 4.42 Å². The summed E-state index contributed by atoms with van der Waals surface area (Å²) in [5.41, 5.74) is 2.54. The molecule has 0 spiro atoms. The lowest BCUT2D eigenvalue weighted by atomic mass is 9.97. The van der Waals surface area contributed by atoms with E-state index in [0.29, 0.717) is 28.8 Å². The van der Waals surface area contributed by atoms with Crippen molar-refractivity contribution in [2.45, 2.75) is 45.1 Å². The molecule has 1 aliphatic rings. The molecule has 0 unspecified atom stereocenters. The minimum absolute atomic E-state index is 0.162. The Morgan fingerprint density at radius 1 is 1.19 bits per heavy atom. The lowest BCUT2D eigenvalue weighted by molar-refractivity contribution is 0.102. The van der Waals surface area contributed by atoms with Gasteiger partial charge in [0.15, 0.2) is 5.58 Å². The van der Waals surface area contributed by atoms with Crippen LogP contribution in [0.15, 0.2) is 40.9 Å². The summed E-state index contributed by atoms with van der Waals surface area (Å²) < 4.78 is 5.80. The van der Waals surface area contributed by atoms with Crippen molar-refractivity contribution in [3.05, 3.63) is 48.0 Å². The zero-order chi connectivity index (χ0) is 18.3. The normalized spacial score (nSPS) is 14.4. The Bertz CT molecular complexity index is 967. The molecule has 6 nitrogen and oxygen atoms in total. The summed E-state index contributed by atoms with van der Waals surface area (Å²) in [7, 11) is 0. The molecule has 6 heteroatoms. The molecule has 1 fully saturated rings. The van der Waals surface area contributed by atoms with Gasteiger partial charge in [-0.15, -0.1) is 0 Å². The number of anilines is 2. The van der Waals surface area contributed by atoms with Crippen molar-refractivity contribution in [1.29, 1.82) is 0 Å². The van der Waals surface area contributed by atoms with E-state index in [-0.39, 0.29) is 11.3 Å². The van der Waals surface area contributed by atoms with E-state index in [2.05, 4.69) is 41.4 Å². The van der Waals surface area contributed by atoms with Crippen molar-refractivity contribution >= 4 is 28.5 Å². The van der Waals surface area contributed by atoms with Crippen LogP contribution in [0.2, 0.25) is 0 Å². The lowest BCUT2D eigenvalue weighted by Gasteiger charge is -2.11. The zero-order valence-corrected chi connectivity index (χ0v) is 15.2. The van der Waals surface area contributed by atoms with Gasteiger partial charge < -0.3 is 15.1 Å². The maximum absolute atomic E-state index is 12.6. The van der Waals surface area contributed by atoms with E-state index in [1.54, 1.807) is 18.3 Å². The fraction of sp³-hybridized carbons (Fsp3) is 0.350. The number of amides is 1. The van der Waals surface area contributed by atoms with Gasteiger partial charge in [-0.25, -0.2) is 9.97 Å². The van der Waals surface area contributed by atoms with Crippen LogP contribution in [-0.4, -0.2) is 21.9 Å². The number of carbonyl (C=O) groups excluding carboxylic acids is 1. The number of hydrogen-bond donors (Lipinski definition) is 2. The first-order chi connectivity index (χ1) is 12.4. The van der Waals surface area contributed by atoms with E-state index in [0.717, 1.165) is 24.2 Å². The monoisotopic (exact) mass is 350 g/mol. The van der Waals surface area contributed by atoms with Gasteiger partial charge in [-0.1, -0.05) is 20.8 Å². The van der Waals surface area contributed by atoms with E-state index in [1.807, 2.05) is 18.2 Å². The number of fused-ring (bicyclic) bond motifs is 1. The highest BCUT2D eigenvalue weighted by Gasteiger charge is 2.22. The maximum atomic E-state index is 12.6. The van der Waals surface area contributed by atoms with Crippen LogP contribution in [-0.2, 0) is 5.41 Å². The van der Waals surface area contributed by atoms with E-state index in [1.165, 1.54) is 0 Å². The molecule has 1 aromatic carbocycles. The predicted molar refractivity (Wildman–Crippen MR) is 102 cm³/mol. The van der Waals surface area contributed by atoms with Gasteiger partial charge in [-0.3, -0.25) is 4.79 Å². The zero-order valence-electron chi connectivity index (χ0n) is 15.2. The minimum Gasteiger partial charge on any atom is -0.440 e. The molecule has 0 atom stereocenters. The Morgan fingerprint density at radius 3 is 2.73 bits per heavy atom. The van der Waals surface area contributed by atoms with Gasteiger partial charge in [0.1, 0.15) is 11.3 Å². The van der Waals surface area contributed by atoms with Gasteiger partial charge in [0.25, 0.3) is 5.91 Å². The Hall–Kier alpha value is -2.89. The Morgan fingerprint density at radius 2 is 2.00 bits per heavy atom. The standard InChI is InChI=1S/C20H22N4O2/c1-20(2,3)19-24-15-11-14(6-7-16(15)26-19)23-18(25)12-8-9-21-17(10-12)22-13-4-5-13/h6-11,13H,4-5H2,1-3H3,(H,21,22)(H,23,25). The summed E-state index contributed by atoms with van der Waals surface area (Å²) in [6.45, 7) is 6.16. The second-order valence-electron chi connectivity index (χ2n) is 7.75. The third-order valence-corrected chi connectivity index (χ3v) is 4.24. The van der Waals surface area contributed by atoms with Crippen LogP contribution in [0.5, 0.6) is 0 Å². The number of oxazole rings is 1. The second kappa shape index (κ2) is 6.12. The average Bonchev–Trinajstić information content (AvgIpc) is 3.29. The minimum atomic E-state index is -0.176. The Kier molecular flexibility index (Phi) is 3.90. The van der Waals surface area contributed by atoms with Gasteiger partial charge >= 0.3 is 0 Å². The predicted octanol–water partition coefficient (Wildman–Crippen LogP) is 4.35. The number of hydrogen-bond acceptors (Lipinski definition) is 5. The summed E-state index contributed by atoms with van der Waals surface area (Å²) in [6, 6.07) is 9.46. The molecule has 4 rings (SSSR count). The Balaban J connectivity index is 1.53. The molecule has 1 aliphatic carbocycles. The highest BCUT2D eigenvalue weighted by molar-refractivity contribution is 6.05. The summed E-state index contributed by atoms with van der Waals surface area (Å²) in [4.78, 5) is 21.4. The molecule has 3 aromatic rings. The molecule has 26 heavy (non-hydrogen) atoms. The average molecular weight is 350 g/mol. The molecular formula is C20H22N4O2. The maximum Gasteiger partial charge on any atom is 0.255 e. The van der Waals surface area contributed by atoms with E-state index < -0.39 is 0 Å². The SMILES string of the molecule is CC(C)(C)c1nc2cc(NC(=O)c3ccnc(NC4CC4)c3)ccc2o1. The third kappa shape index (κ3) is 3.54. The van der Waals surface area contributed by atoms with Crippen LogP contribution in [0, 0.1) is 0 Å². The first-order valence-corrected chi connectivity index (χ1v) is 8.83. The molecule has 0 radical (unpaired) electrons. The number of nitrogens with zero attached hydrogens (tertiary/aromatic N) is 2. The van der Waals surface area contributed by atoms with Crippen LogP contribution in [0.4, 0.5) is 11.5 Å². The molecule has 134 valence electrons. The van der Waals surface area contributed by atoms with Crippen molar-refractivity contribution in [3.8, 4) is 0 Å². The number of aromatic nitrogens is 2. The molecule has 1 saturated carbocycles. The third-order valence-electron chi connectivity index (χ3n) is 4.24. The number of carbonyl (C=O) groups is 1. The van der Waals surface area contributed by atoms with Crippen LogP contribution in [0.1, 0.15) is 49.9 Å². The van der Waals surface area contributed by atoms with Gasteiger partial charge in [0, 0.05) is 28.9 Å². The molecule has 2 heterocycles. The molecule has 1 amide bonds. The van der Waals surface area contributed by atoms with Crippen molar-refractivity contribution < 1.29 is 9.21 Å². The fourth-order valence-electron chi connectivity index (χ4n) is 2.62. The highest BCUT2D eigenvalue weighted by Crippen LogP contribution is 2.28. The topological polar surface area (TPSA) is 80.0 Å². The smallest absolute Gasteiger partial charge is 0.255 e. The van der Waals surface area contributed by atoms with Gasteiger partial charge in [0.2, 0.25) is 5.89 Å². The van der Waals surface area contributed by atoms with Crippen LogP contribution >= 0.6 is 0 Å². The fourth-order valence-corrected chi connectivity index (χ4v) is 2.62. The van der Waals surface area contributed by atoms with Crippen LogP contribution in [0.3, 0.4) is 0 Å². The Labute approximate surface area is 152 Å². The van der Waals surface area contributed by atoms with Gasteiger partial charge in [0.05, 0.1) is 0 Å². The second-order valence-corrected chi connectivity index (χ2v) is 7.75. The summed E-state index contributed by atoms with van der Waals surface area (Å²) in [6.07, 6.45) is 3.97.